The molecule has 6 heteroatoms. The third-order valence-electron chi connectivity index (χ3n) is 2.21. The maximum atomic E-state index is 12.7. The van der Waals surface area contributed by atoms with Gasteiger partial charge in [-0.3, -0.25) is 5.43 Å². The van der Waals surface area contributed by atoms with Crippen molar-refractivity contribution in [2.75, 3.05) is 10.7 Å². The standard InChI is InChI=1S/C11H12FN5/c1-7-6-14-11(17-13)16-10(7)15-9-4-2-8(12)3-5-9/h2-6H,13H2,1H3,(H2,14,15,16,17). The van der Waals surface area contributed by atoms with Crippen LogP contribution in [0.15, 0.2) is 30.5 Å². The van der Waals surface area contributed by atoms with E-state index in [1.54, 1.807) is 18.3 Å². The predicted molar refractivity (Wildman–Crippen MR) is 64.3 cm³/mol. The predicted octanol–water partition coefficient (Wildman–Crippen LogP) is 1.95. The maximum Gasteiger partial charge on any atom is 0.239 e. The van der Waals surface area contributed by atoms with Gasteiger partial charge in [0.2, 0.25) is 5.95 Å². The molecule has 0 saturated heterocycles. The lowest BCUT2D eigenvalue weighted by Crippen LogP contribution is -2.11. The number of halogens is 1. The van der Waals surface area contributed by atoms with Crippen LogP contribution in [-0.4, -0.2) is 9.97 Å². The SMILES string of the molecule is Cc1cnc(NN)nc1Nc1ccc(F)cc1. The highest BCUT2D eigenvalue weighted by Gasteiger charge is 2.03. The van der Waals surface area contributed by atoms with Gasteiger partial charge >= 0.3 is 0 Å². The lowest BCUT2D eigenvalue weighted by molar-refractivity contribution is 0.628. The Morgan fingerprint density at radius 1 is 1.24 bits per heavy atom. The summed E-state index contributed by atoms with van der Waals surface area (Å²) in [7, 11) is 0. The van der Waals surface area contributed by atoms with E-state index >= 15 is 0 Å². The monoisotopic (exact) mass is 233 g/mol. The molecule has 1 aromatic heterocycles. The zero-order valence-electron chi connectivity index (χ0n) is 9.24. The molecule has 88 valence electrons. The van der Waals surface area contributed by atoms with E-state index in [1.165, 1.54) is 12.1 Å². The number of rotatable bonds is 3. The Balaban J connectivity index is 2.25. The van der Waals surface area contributed by atoms with Gasteiger partial charge in [0.1, 0.15) is 11.6 Å². The summed E-state index contributed by atoms with van der Waals surface area (Å²) < 4.78 is 12.7. The number of hydrogen-bond donors (Lipinski definition) is 3. The Hall–Kier alpha value is -2.21. The van der Waals surface area contributed by atoms with Gasteiger partial charge in [-0.2, -0.15) is 4.98 Å². The number of aromatic nitrogens is 2. The number of nitrogen functional groups attached to an aromatic ring is 1. The van der Waals surface area contributed by atoms with Crippen LogP contribution in [0, 0.1) is 12.7 Å². The molecule has 0 radical (unpaired) electrons. The van der Waals surface area contributed by atoms with Crippen molar-refractivity contribution in [3.05, 3.63) is 41.8 Å². The number of nitrogens with zero attached hydrogens (tertiary/aromatic N) is 2. The third-order valence-corrected chi connectivity index (χ3v) is 2.21. The van der Waals surface area contributed by atoms with Crippen LogP contribution >= 0.6 is 0 Å². The summed E-state index contributed by atoms with van der Waals surface area (Å²) in [6.07, 6.45) is 1.65. The minimum absolute atomic E-state index is 0.278. The molecule has 0 saturated carbocycles. The van der Waals surface area contributed by atoms with Crippen LogP contribution in [0.5, 0.6) is 0 Å². The molecule has 0 aliphatic carbocycles. The van der Waals surface area contributed by atoms with Crippen LogP contribution in [0.25, 0.3) is 0 Å². The molecule has 0 amide bonds. The Morgan fingerprint density at radius 3 is 2.59 bits per heavy atom. The second kappa shape index (κ2) is 4.75. The molecule has 0 atom stereocenters. The molecule has 1 aromatic carbocycles. The number of hydrogen-bond acceptors (Lipinski definition) is 5. The molecule has 0 spiro atoms. The van der Waals surface area contributed by atoms with Crippen molar-refractivity contribution < 1.29 is 4.39 Å². The van der Waals surface area contributed by atoms with E-state index in [2.05, 4.69) is 20.7 Å². The Bertz CT molecular complexity index is 512. The number of aryl methyl sites for hydroxylation is 1. The van der Waals surface area contributed by atoms with E-state index in [0.29, 0.717) is 11.8 Å². The summed E-state index contributed by atoms with van der Waals surface area (Å²) in [6, 6.07) is 6.01. The molecule has 0 aliphatic heterocycles. The van der Waals surface area contributed by atoms with Gasteiger partial charge in [-0.15, -0.1) is 0 Å². The fourth-order valence-corrected chi connectivity index (χ4v) is 1.31. The van der Waals surface area contributed by atoms with E-state index in [1.807, 2.05) is 6.92 Å². The van der Waals surface area contributed by atoms with E-state index in [9.17, 15) is 4.39 Å². The molecule has 0 bridgehead atoms. The van der Waals surface area contributed by atoms with Crippen molar-refractivity contribution >= 4 is 17.5 Å². The zero-order chi connectivity index (χ0) is 12.3. The number of anilines is 3. The first-order valence-corrected chi connectivity index (χ1v) is 5.02. The highest BCUT2D eigenvalue weighted by molar-refractivity contribution is 5.59. The molecule has 0 aliphatic rings. The third kappa shape index (κ3) is 2.67. The van der Waals surface area contributed by atoms with Crippen molar-refractivity contribution in [2.24, 2.45) is 5.84 Å². The molecule has 2 rings (SSSR count). The zero-order valence-corrected chi connectivity index (χ0v) is 9.24. The van der Waals surface area contributed by atoms with Crippen molar-refractivity contribution in [1.82, 2.24) is 9.97 Å². The molecular formula is C11H12FN5. The fraction of sp³-hybridized carbons (Fsp3) is 0.0909. The largest absolute Gasteiger partial charge is 0.340 e. The summed E-state index contributed by atoms with van der Waals surface area (Å²) >= 11 is 0. The molecule has 0 unspecified atom stereocenters. The average Bonchev–Trinajstić information content (AvgIpc) is 2.35. The van der Waals surface area contributed by atoms with Crippen LogP contribution < -0.4 is 16.6 Å². The number of nitrogens with two attached hydrogens (primary N) is 1. The lowest BCUT2D eigenvalue weighted by atomic mass is 10.3. The first-order valence-electron chi connectivity index (χ1n) is 5.02. The summed E-state index contributed by atoms with van der Waals surface area (Å²) in [5, 5.41) is 3.06. The minimum atomic E-state index is -0.278. The Labute approximate surface area is 97.9 Å². The van der Waals surface area contributed by atoms with Gasteiger partial charge in [-0.25, -0.2) is 15.2 Å². The summed E-state index contributed by atoms with van der Waals surface area (Å²) in [5.41, 5.74) is 3.98. The van der Waals surface area contributed by atoms with Gasteiger partial charge in [-0.1, -0.05) is 0 Å². The second-order valence-corrected chi connectivity index (χ2v) is 3.50. The number of benzene rings is 1. The molecule has 2 aromatic rings. The van der Waals surface area contributed by atoms with Gasteiger partial charge < -0.3 is 5.32 Å². The van der Waals surface area contributed by atoms with Gasteiger partial charge in [-0.05, 0) is 31.2 Å². The average molecular weight is 233 g/mol. The van der Waals surface area contributed by atoms with Crippen LogP contribution in [-0.2, 0) is 0 Å². The first kappa shape index (κ1) is 11.3. The van der Waals surface area contributed by atoms with Gasteiger partial charge in [0, 0.05) is 17.4 Å². The van der Waals surface area contributed by atoms with Crippen molar-refractivity contribution in [1.29, 1.82) is 0 Å². The normalized spacial score (nSPS) is 10.1. The van der Waals surface area contributed by atoms with Crippen molar-refractivity contribution in [3.8, 4) is 0 Å². The van der Waals surface area contributed by atoms with Crippen molar-refractivity contribution in [3.63, 3.8) is 0 Å². The second-order valence-electron chi connectivity index (χ2n) is 3.50. The minimum Gasteiger partial charge on any atom is -0.340 e. The summed E-state index contributed by atoms with van der Waals surface area (Å²) in [6.45, 7) is 1.87. The Morgan fingerprint density at radius 2 is 1.94 bits per heavy atom. The summed E-state index contributed by atoms with van der Waals surface area (Å²) in [5.74, 6) is 5.90. The highest BCUT2D eigenvalue weighted by atomic mass is 19.1. The highest BCUT2D eigenvalue weighted by Crippen LogP contribution is 2.18. The van der Waals surface area contributed by atoms with E-state index < -0.39 is 0 Å². The topological polar surface area (TPSA) is 75.9 Å². The molecule has 0 fully saturated rings. The van der Waals surface area contributed by atoms with Crippen LogP contribution in [0.1, 0.15) is 5.56 Å². The van der Waals surface area contributed by atoms with Gasteiger partial charge in [0.15, 0.2) is 0 Å². The van der Waals surface area contributed by atoms with Crippen LogP contribution in [0.3, 0.4) is 0 Å². The lowest BCUT2D eigenvalue weighted by Gasteiger charge is -2.09. The smallest absolute Gasteiger partial charge is 0.239 e. The van der Waals surface area contributed by atoms with Crippen LogP contribution in [0.2, 0.25) is 0 Å². The molecular weight excluding hydrogens is 221 g/mol. The van der Waals surface area contributed by atoms with E-state index in [0.717, 1.165) is 11.3 Å². The number of hydrazine groups is 1. The van der Waals surface area contributed by atoms with E-state index in [4.69, 9.17) is 5.84 Å². The molecule has 1 heterocycles. The Kier molecular flexibility index (Phi) is 3.15. The molecule has 5 nitrogen and oxygen atoms in total. The molecule has 17 heavy (non-hydrogen) atoms. The van der Waals surface area contributed by atoms with Gasteiger partial charge in [0.05, 0.1) is 0 Å². The number of nitrogens with one attached hydrogen (secondary N) is 2. The molecule has 4 N–H and O–H groups in total. The quantitative estimate of drug-likeness (QED) is 0.558. The fourth-order valence-electron chi connectivity index (χ4n) is 1.31. The summed E-state index contributed by atoms with van der Waals surface area (Å²) in [4.78, 5) is 8.12. The van der Waals surface area contributed by atoms with Gasteiger partial charge in [0.25, 0.3) is 0 Å². The maximum absolute atomic E-state index is 12.7. The van der Waals surface area contributed by atoms with E-state index in [-0.39, 0.29) is 5.82 Å². The van der Waals surface area contributed by atoms with Crippen LogP contribution in [0.4, 0.5) is 21.8 Å². The first-order chi connectivity index (χ1) is 8.19. The van der Waals surface area contributed by atoms with Crippen molar-refractivity contribution in [2.45, 2.75) is 6.92 Å².